The molecule has 2 aliphatic rings. The van der Waals surface area contributed by atoms with Crippen molar-refractivity contribution in [1.82, 2.24) is 4.90 Å². The predicted molar refractivity (Wildman–Crippen MR) is 108 cm³/mol. The van der Waals surface area contributed by atoms with Crippen LogP contribution < -0.4 is 10.2 Å². The molecule has 0 bridgehead atoms. The van der Waals surface area contributed by atoms with Crippen LogP contribution in [0.4, 0.5) is 11.4 Å². The summed E-state index contributed by atoms with van der Waals surface area (Å²) in [7, 11) is 0. The number of morpholine rings is 1. The Morgan fingerprint density at radius 1 is 1.07 bits per heavy atom. The van der Waals surface area contributed by atoms with Crippen LogP contribution >= 0.6 is 0 Å². The fraction of sp³-hybridized carbons (Fsp3) is 0.364. The molecule has 0 aromatic heterocycles. The van der Waals surface area contributed by atoms with Gasteiger partial charge in [0.2, 0.25) is 11.8 Å². The Hall–Kier alpha value is -2.86. The van der Waals surface area contributed by atoms with Crippen molar-refractivity contribution in [1.29, 1.82) is 0 Å². The van der Waals surface area contributed by atoms with Gasteiger partial charge < -0.3 is 19.9 Å². The molecule has 0 radical (unpaired) electrons. The van der Waals surface area contributed by atoms with Gasteiger partial charge in [-0.2, -0.15) is 0 Å². The number of amides is 2. The van der Waals surface area contributed by atoms with Crippen molar-refractivity contribution >= 4 is 23.2 Å². The van der Waals surface area contributed by atoms with E-state index in [1.54, 1.807) is 4.90 Å². The summed E-state index contributed by atoms with van der Waals surface area (Å²) in [6.45, 7) is 4.15. The standard InChI is InChI=1S/C22H25N3O3/c26-21-13-18(16-25(21)15-17-5-2-1-3-6-17)22(27)23-19-7-4-8-20(14-19)24-9-11-28-12-10-24/h1-8,14,18H,9-13,15-16H2,(H,23,27). The van der Waals surface area contributed by atoms with Crippen molar-refractivity contribution in [3.63, 3.8) is 0 Å². The van der Waals surface area contributed by atoms with E-state index in [2.05, 4.69) is 10.2 Å². The average molecular weight is 379 g/mol. The van der Waals surface area contributed by atoms with Crippen LogP contribution in [0.1, 0.15) is 12.0 Å². The summed E-state index contributed by atoms with van der Waals surface area (Å²) in [6.07, 6.45) is 0.266. The SMILES string of the molecule is O=C(Nc1cccc(N2CCOCC2)c1)C1CC(=O)N(Cc2ccccc2)C1. The molecule has 1 N–H and O–H groups in total. The molecule has 6 nitrogen and oxygen atoms in total. The summed E-state index contributed by atoms with van der Waals surface area (Å²) >= 11 is 0. The highest BCUT2D eigenvalue weighted by molar-refractivity contribution is 5.97. The molecule has 2 heterocycles. The lowest BCUT2D eigenvalue weighted by atomic mass is 10.1. The molecule has 2 amide bonds. The van der Waals surface area contributed by atoms with Crippen molar-refractivity contribution in [2.75, 3.05) is 43.1 Å². The summed E-state index contributed by atoms with van der Waals surface area (Å²) in [5, 5.41) is 2.99. The molecule has 146 valence electrons. The number of hydrogen-bond acceptors (Lipinski definition) is 4. The van der Waals surface area contributed by atoms with Crippen LogP contribution in [0.5, 0.6) is 0 Å². The monoisotopic (exact) mass is 379 g/mol. The molecule has 1 unspecified atom stereocenters. The summed E-state index contributed by atoms with van der Waals surface area (Å²) in [5.41, 5.74) is 2.92. The van der Waals surface area contributed by atoms with Crippen LogP contribution in [0.15, 0.2) is 54.6 Å². The van der Waals surface area contributed by atoms with Crippen LogP contribution in [0, 0.1) is 5.92 Å². The van der Waals surface area contributed by atoms with E-state index in [0.717, 1.165) is 43.2 Å². The summed E-state index contributed by atoms with van der Waals surface area (Å²) in [5.74, 6) is -0.377. The molecule has 1 atom stereocenters. The molecule has 2 aliphatic heterocycles. The van der Waals surface area contributed by atoms with E-state index in [-0.39, 0.29) is 24.2 Å². The Morgan fingerprint density at radius 3 is 2.64 bits per heavy atom. The Morgan fingerprint density at radius 2 is 1.86 bits per heavy atom. The van der Waals surface area contributed by atoms with Crippen LogP contribution in [0.3, 0.4) is 0 Å². The van der Waals surface area contributed by atoms with E-state index >= 15 is 0 Å². The zero-order chi connectivity index (χ0) is 19.3. The van der Waals surface area contributed by atoms with Gasteiger partial charge in [-0.15, -0.1) is 0 Å². The topological polar surface area (TPSA) is 61.9 Å². The Kier molecular flexibility index (Phi) is 5.58. The molecule has 4 rings (SSSR count). The highest BCUT2D eigenvalue weighted by atomic mass is 16.5. The molecular weight excluding hydrogens is 354 g/mol. The highest BCUT2D eigenvalue weighted by Crippen LogP contribution is 2.24. The Balaban J connectivity index is 1.37. The molecule has 6 heteroatoms. The zero-order valence-corrected chi connectivity index (χ0v) is 15.8. The van der Waals surface area contributed by atoms with Crippen LogP contribution in [0.2, 0.25) is 0 Å². The first kappa shape index (κ1) is 18.5. The fourth-order valence-electron chi connectivity index (χ4n) is 3.75. The second-order valence-electron chi connectivity index (χ2n) is 7.30. The van der Waals surface area contributed by atoms with Crippen LogP contribution in [-0.4, -0.2) is 49.6 Å². The third kappa shape index (κ3) is 4.34. The number of benzene rings is 2. The maximum absolute atomic E-state index is 12.7. The number of anilines is 2. The van der Waals surface area contributed by atoms with Gasteiger partial charge >= 0.3 is 0 Å². The van der Waals surface area contributed by atoms with Crippen molar-refractivity contribution in [2.24, 2.45) is 5.92 Å². The molecule has 2 fully saturated rings. The van der Waals surface area contributed by atoms with Gasteiger partial charge in [-0.25, -0.2) is 0 Å². The number of nitrogens with one attached hydrogen (secondary N) is 1. The molecule has 0 saturated carbocycles. The number of rotatable bonds is 5. The second kappa shape index (κ2) is 8.44. The zero-order valence-electron chi connectivity index (χ0n) is 15.8. The molecule has 28 heavy (non-hydrogen) atoms. The number of carbonyl (C=O) groups excluding carboxylic acids is 2. The maximum Gasteiger partial charge on any atom is 0.229 e. The van der Waals surface area contributed by atoms with Crippen molar-refractivity contribution in [3.05, 3.63) is 60.2 Å². The Labute approximate surface area is 165 Å². The number of carbonyl (C=O) groups is 2. The van der Waals surface area contributed by atoms with Crippen molar-refractivity contribution in [3.8, 4) is 0 Å². The fourth-order valence-corrected chi connectivity index (χ4v) is 3.75. The third-order valence-electron chi connectivity index (χ3n) is 5.29. The largest absolute Gasteiger partial charge is 0.378 e. The van der Waals surface area contributed by atoms with Gasteiger partial charge in [0.1, 0.15) is 0 Å². The normalized spacial score (nSPS) is 19.7. The van der Waals surface area contributed by atoms with Gasteiger partial charge in [-0.1, -0.05) is 36.4 Å². The maximum atomic E-state index is 12.7. The van der Waals surface area contributed by atoms with Crippen molar-refractivity contribution < 1.29 is 14.3 Å². The van der Waals surface area contributed by atoms with Gasteiger partial charge in [0.15, 0.2) is 0 Å². The van der Waals surface area contributed by atoms with Crippen LogP contribution in [0.25, 0.3) is 0 Å². The minimum absolute atomic E-state index is 0.0334. The summed E-state index contributed by atoms with van der Waals surface area (Å²) < 4.78 is 5.40. The molecule has 0 spiro atoms. The van der Waals surface area contributed by atoms with E-state index in [1.165, 1.54) is 0 Å². The molecule has 2 saturated heterocycles. The smallest absolute Gasteiger partial charge is 0.229 e. The average Bonchev–Trinajstić information content (AvgIpc) is 3.10. The first-order valence-electron chi connectivity index (χ1n) is 9.74. The van der Waals surface area contributed by atoms with E-state index in [4.69, 9.17) is 4.74 Å². The lowest BCUT2D eigenvalue weighted by molar-refractivity contribution is -0.128. The number of likely N-dealkylation sites (tertiary alicyclic amines) is 1. The van der Waals surface area contributed by atoms with Crippen LogP contribution in [-0.2, 0) is 20.9 Å². The van der Waals surface area contributed by atoms with Gasteiger partial charge in [-0.05, 0) is 23.8 Å². The molecule has 2 aromatic rings. The second-order valence-corrected chi connectivity index (χ2v) is 7.30. The van der Waals surface area contributed by atoms with Gasteiger partial charge in [-0.3, -0.25) is 9.59 Å². The summed E-state index contributed by atoms with van der Waals surface area (Å²) in [4.78, 5) is 29.1. The quantitative estimate of drug-likeness (QED) is 0.867. The predicted octanol–water partition coefficient (Wildman–Crippen LogP) is 2.51. The number of nitrogens with zero attached hydrogens (tertiary/aromatic N) is 2. The van der Waals surface area contributed by atoms with E-state index in [0.29, 0.717) is 13.1 Å². The number of hydrogen-bond donors (Lipinski definition) is 1. The third-order valence-corrected chi connectivity index (χ3v) is 5.29. The molecule has 2 aromatic carbocycles. The Bertz CT molecular complexity index is 834. The van der Waals surface area contributed by atoms with E-state index < -0.39 is 0 Å². The van der Waals surface area contributed by atoms with Gasteiger partial charge in [0.05, 0.1) is 19.1 Å². The van der Waals surface area contributed by atoms with Gasteiger partial charge in [0.25, 0.3) is 0 Å². The van der Waals surface area contributed by atoms with E-state index in [1.807, 2.05) is 54.6 Å². The van der Waals surface area contributed by atoms with Gasteiger partial charge in [0, 0.05) is 44.0 Å². The first-order chi connectivity index (χ1) is 13.7. The first-order valence-corrected chi connectivity index (χ1v) is 9.74. The molecular formula is C22H25N3O3. The lowest BCUT2D eigenvalue weighted by Crippen LogP contribution is -2.36. The van der Waals surface area contributed by atoms with E-state index in [9.17, 15) is 9.59 Å². The highest BCUT2D eigenvalue weighted by Gasteiger charge is 2.34. The number of ether oxygens (including phenoxy) is 1. The summed E-state index contributed by atoms with van der Waals surface area (Å²) in [6, 6.07) is 17.7. The minimum Gasteiger partial charge on any atom is -0.378 e. The lowest BCUT2D eigenvalue weighted by Gasteiger charge is -2.29. The molecule has 0 aliphatic carbocycles. The minimum atomic E-state index is -0.316. The van der Waals surface area contributed by atoms with Crippen molar-refractivity contribution in [2.45, 2.75) is 13.0 Å².